The molecule has 2 amide bonds. The minimum absolute atomic E-state index is 0.0979. The van der Waals surface area contributed by atoms with Gasteiger partial charge in [-0.3, -0.25) is 4.79 Å². The highest BCUT2D eigenvalue weighted by Gasteiger charge is 2.47. The lowest BCUT2D eigenvalue weighted by atomic mass is 9.78. The summed E-state index contributed by atoms with van der Waals surface area (Å²) in [4.78, 5) is 26.8. The summed E-state index contributed by atoms with van der Waals surface area (Å²) >= 11 is 0. The molecule has 0 radical (unpaired) electrons. The van der Waals surface area contributed by atoms with Crippen LogP contribution in [0.25, 0.3) is 0 Å². The molecule has 2 aliphatic carbocycles. The molecule has 100 valence electrons. The first kappa shape index (κ1) is 11.8. The van der Waals surface area contributed by atoms with E-state index < -0.39 is 5.97 Å². The predicted octanol–water partition coefficient (Wildman–Crippen LogP) is 1.39. The van der Waals surface area contributed by atoms with E-state index in [2.05, 4.69) is 0 Å². The van der Waals surface area contributed by atoms with Crippen LogP contribution in [0.4, 0.5) is 4.79 Å². The summed E-state index contributed by atoms with van der Waals surface area (Å²) in [5.74, 6) is -0.294. The maximum absolute atomic E-state index is 12.2. The van der Waals surface area contributed by atoms with Crippen LogP contribution in [0.1, 0.15) is 32.1 Å². The zero-order valence-electron chi connectivity index (χ0n) is 10.7. The van der Waals surface area contributed by atoms with E-state index in [1.807, 2.05) is 16.8 Å². The molecule has 1 saturated heterocycles. The van der Waals surface area contributed by atoms with Crippen LogP contribution in [-0.4, -0.2) is 52.6 Å². The maximum atomic E-state index is 12.2. The van der Waals surface area contributed by atoms with Gasteiger partial charge in [0.2, 0.25) is 0 Å². The van der Waals surface area contributed by atoms with Gasteiger partial charge in [-0.2, -0.15) is 0 Å². The molecular weight excluding hydrogens is 232 g/mol. The lowest BCUT2D eigenvalue weighted by Crippen LogP contribution is -2.48. The van der Waals surface area contributed by atoms with Crippen molar-refractivity contribution >= 4 is 12.0 Å². The van der Waals surface area contributed by atoms with Gasteiger partial charge in [-0.05, 0) is 31.6 Å². The Hall–Kier alpha value is -1.26. The number of amides is 2. The quantitative estimate of drug-likeness (QED) is 0.825. The summed E-state index contributed by atoms with van der Waals surface area (Å²) in [6, 6.07) is 0.613. The van der Waals surface area contributed by atoms with Gasteiger partial charge in [-0.1, -0.05) is 6.42 Å². The Balaban J connectivity index is 1.61. The number of hydrogen-bond acceptors (Lipinski definition) is 2. The summed E-state index contributed by atoms with van der Waals surface area (Å²) in [5.41, 5.74) is 0. The number of likely N-dealkylation sites (N-methyl/N-ethyl adjacent to an activating group) is 1. The van der Waals surface area contributed by atoms with Crippen molar-refractivity contribution in [2.24, 2.45) is 11.8 Å². The van der Waals surface area contributed by atoms with Gasteiger partial charge in [0, 0.05) is 19.6 Å². The van der Waals surface area contributed by atoms with Gasteiger partial charge in [0.1, 0.15) is 0 Å². The van der Waals surface area contributed by atoms with Crippen LogP contribution in [0.5, 0.6) is 0 Å². The molecular formula is C13H20N2O3. The fraction of sp³-hybridized carbons (Fsp3) is 0.846. The topological polar surface area (TPSA) is 60.9 Å². The average molecular weight is 252 g/mol. The minimum atomic E-state index is -0.721. The maximum Gasteiger partial charge on any atom is 0.320 e. The second-order valence-electron chi connectivity index (χ2n) is 5.96. The number of hydrogen-bond donors (Lipinski definition) is 1. The Morgan fingerprint density at radius 3 is 2.50 bits per heavy atom. The summed E-state index contributed by atoms with van der Waals surface area (Å²) < 4.78 is 0. The summed E-state index contributed by atoms with van der Waals surface area (Å²) in [6.07, 6.45) is 5.02. The number of nitrogens with zero attached hydrogens (tertiary/aromatic N) is 2. The van der Waals surface area contributed by atoms with Crippen molar-refractivity contribution in [2.75, 3.05) is 13.6 Å². The highest BCUT2D eigenvalue weighted by atomic mass is 16.4. The molecule has 0 bridgehead atoms. The van der Waals surface area contributed by atoms with Crippen molar-refractivity contribution in [3.05, 3.63) is 0 Å². The Kier molecular flexibility index (Phi) is 2.72. The fourth-order valence-corrected chi connectivity index (χ4v) is 3.39. The van der Waals surface area contributed by atoms with Crippen molar-refractivity contribution in [3.63, 3.8) is 0 Å². The number of carbonyl (C=O) groups excluding carboxylic acids is 1. The molecule has 0 aromatic heterocycles. The highest BCUT2D eigenvalue weighted by Crippen LogP contribution is 2.39. The Morgan fingerprint density at radius 2 is 2.00 bits per heavy atom. The first-order valence-electron chi connectivity index (χ1n) is 6.84. The fourth-order valence-electron chi connectivity index (χ4n) is 3.39. The molecule has 1 aliphatic heterocycles. The third-order valence-corrected chi connectivity index (χ3v) is 5.03. The lowest BCUT2D eigenvalue weighted by molar-refractivity contribution is -0.146. The van der Waals surface area contributed by atoms with E-state index in [0.29, 0.717) is 24.8 Å². The zero-order chi connectivity index (χ0) is 12.9. The van der Waals surface area contributed by atoms with E-state index in [1.165, 1.54) is 19.3 Å². The van der Waals surface area contributed by atoms with Crippen molar-refractivity contribution in [2.45, 2.75) is 44.2 Å². The van der Waals surface area contributed by atoms with E-state index in [0.717, 1.165) is 6.54 Å². The predicted molar refractivity (Wildman–Crippen MR) is 65.1 cm³/mol. The van der Waals surface area contributed by atoms with Crippen LogP contribution < -0.4 is 0 Å². The van der Waals surface area contributed by atoms with E-state index in [4.69, 9.17) is 5.11 Å². The van der Waals surface area contributed by atoms with Gasteiger partial charge in [0.05, 0.1) is 12.0 Å². The second kappa shape index (κ2) is 4.14. The molecule has 1 N–H and O–H groups in total. The molecule has 3 fully saturated rings. The first-order chi connectivity index (χ1) is 8.58. The van der Waals surface area contributed by atoms with Gasteiger partial charge in [0.15, 0.2) is 0 Å². The second-order valence-corrected chi connectivity index (χ2v) is 5.96. The van der Waals surface area contributed by atoms with Gasteiger partial charge in [-0.25, -0.2) is 4.79 Å². The largest absolute Gasteiger partial charge is 0.481 e. The number of carbonyl (C=O) groups is 2. The first-order valence-corrected chi connectivity index (χ1v) is 6.84. The minimum Gasteiger partial charge on any atom is -0.481 e. The van der Waals surface area contributed by atoms with Gasteiger partial charge in [-0.15, -0.1) is 0 Å². The number of carboxylic acid groups (broad SMARTS) is 1. The lowest BCUT2D eigenvalue weighted by Gasteiger charge is -2.38. The molecule has 5 heteroatoms. The van der Waals surface area contributed by atoms with Crippen LogP contribution in [-0.2, 0) is 4.79 Å². The molecule has 1 unspecified atom stereocenters. The van der Waals surface area contributed by atoms with E-state index in [1.54, 1.807) is 0 Å². The Bertz CT molecular complexity index is 374. The monoisotopic (exact) mass is 252 g/mol. The Labute approximate surface area is 107 Å². The van der Waals surface area contributed by atoms with Crippen molar-refractivity contribution in [1.82, 2.24) is 9.80 Å². The number of carboxylic acids is 1. The smallest absolute Gasteiger partial charge is 0.320 e. The third kappa shape index (κ3) is 1.68. The molecule has 18 heavy (non-hydrogen) atoms. The summed E-state index contributed by atoms with van der Waals surface area (Å²) in [6.45, 7) is 0.803. The number of urea groups is 1. The van der Waals surface area contributed by atoms with Crippen LogP contribution in [0, 0.1) is 11.8 Å². The van der Waals surface area contributed by atoms with E-state index in [-0.39, 0.29) is 18.0 Å². The number of rotatable bonds is 3. The van der Waals surface area contributed by atoms with Crippen LogP contribution >= 0.6 is 0 Å². The van der Waals surface area contributed by atoms with Crippen LogP contribution in [0.3, 0.4) is 0 Å². The molecule has 2 saturated carbocycles. The zero-order valence-corrected chi connectivity index (χ0v) is 10.7. The van der Waals surface area contributed by atoms with Crippen molar-refractivity contribution in [3.8, 4) is 0 Å². The van der Waals surface area contributed by atoms with Crippen molar-refractivity contribution in [1.29, 1.82) is 0 Å². The molecule has 0 aromatic rings. The van der Waals surface area contributed by atoms with Crippen LogP contribution in [0.15, 0.2) is 0 Å². The summed E-state index contributed by atoms with van der Waals surface area (Å²) in [5, 5.41) is 8.89. The normalized spacial score (nSPS) is 36.5. The molecule has 1 atom stereocenters. The molecule has 0 aromatic carbocycles. The van der Waals surface area contributed by atoms with E-state index >= 15 is 0 Å². The molecule has 5 nitrogen and oxygen atoms in total. The van der Waals surface area contributed by atoms with Gasteiger partial charge < -0.3 is 14.9 Å². The van der Waals surface area contributed by atoms with Gasteiger partial charge >= 0.3 is 12.0 Å². The van der Waals surface area contributed by atoms with Crippen molar-refractivity contribution < 1.29 is 14.7 Å². The van der Waals surface area contributed by atoms with E-state index in [9.17, 15) is 9.59 Å². The molecule has 1 heterocycles. The standard InChI is InChI=1S/C13H20N2O3/c1-14-11(8-3-2-4-8)7-15(13(14)18)10-5-9(6-10)12(16)17/h8-11H,2-7H2,1H3,(H,16,17). The van der Waals surface area contributed by atoms with Gasteiger partial charge in [0.25, 0.3) is 0 Å². The molecule has 3 aliphatic rings. The molecule has 3 rings (SSSR count). The number of aliphatic carboxylic acids is 1. The Morgan fingerprint density at radius 1 is 1.33 bits per heavy atom. The average Bonchev–Trinajstić information content (AvgIpc) is 2.42. The summed E-state index contributed by atoms with van der Waals surface area (Å²) in [7, 11) is 1.89. The molecule has 0 spiro atoms. The highest BCUT2D eigenvalue weighted by molar-refractivity contribution is 5.78. The van der Waals surface area contributed by atoms with Crippen LogP contribution in [0.2, 0.25) is 0 Å². The third-order valence-electron chi connectivity index (χ3n) is 5.03. The SMILES string of the molecule is CN1C(=O)N(C2CC(C(=O)O)C2)CC1C1CCC1.